The first kappa shape index (κ1) is 9.74. The monoisotopic (exact) mass is 180 g/mol. The number of carbonyl (C=O) groups excluding carboxylic acids is 1. The van der Waals surface area contributed by atoms with Crippen LogP contribution in [0.4, 0.5) is 0 Å². The smallest absolute Gasteiger partial charge is 0.195 e. The van der Waals surface area contributed by atoms with Gasteiger partial charge in [0.05, 0.1) is 0 Å². The molecule has 0 aliphatic heterocycles. The number of aliphatic hydroxyl groups excluding tert-OH is 1. The first-order valence-corrected chi connectivity index (χ1v) is 4.04. The van der Waals surface area contributed by atoms with E-state index in [9.17, 15) is 4.79 Å². The number of aryl methyl sites for hydroxylation is 1. The minimum Gasteiger partial charge on any atom is -0.486 e. The summed E-state index contributed by atoms with van der Waals surface area (Å²) < 4.78 is 5.13. The minimum absolute atomic E-state index is 0.0695. The van der Waals surface area contributed by atoms with Crippen molar-refractivity contribution >= 4 is 5.78 Å². The zero-order valence-electron chi connectivity index (χ0n) is 7.49. The lowest BCUT2D eigenvalue weighted by Gasteiger charge is -2.04. The summed E-state index contributed by atoms with van der Waals surface area (Å²) in [5.74, 6) is 0.336. The van der Waals surface area contributed by atoms with Crippen LogP contribution in [0.2, 0.25) is 0 Å². The van der Waals surface area contributed by atoms with Gasteiger partial charge >= 0.3 is 0 Å². The Kier molecular flexibility index (Phi) is 3.46. The molecule has 1 aromatic carbocycles. The van der Waals surface area contributed by atoms with Crippen LogP contribution in [0.25, 0.3) is 0 Å². The molecule has 0 unspecified atom stereocenters. The Morgan fingerprint density at radius 3 is 2.92 bits per heavy atom. The molecule has 0 aromatic heterocycles. The summed E-state index contributed by atoms with van der Waals surface area (Å²) >= 11 is 0. The van der Waals surface area contributed by atoms with E-state index in [-0.39, 0.29) is 12.4 Å². The number of ketones is 1. The highest BCUT2D eigenvalue weighted by Gasteiger charge is 2.00. The molecule has 0 aliphatic rings. The third-order valence-electron chi connectivity index (χ3n) is 1.57. The van der Waals surface area contributed by atoms with E-state index in [1.165, 1.54) is 0 Å². The normalized spacial score (nSPS) is 9.69. The molecule has 0 spiro atoms. The molecule has 1 N–H and O–H groups in total. The van der Waals surface area contributed by atoms with Crippen molar-refractivity contribution in [1.82, 2.24) is 0 Å². The zero-order valence-corrected chi connectivity index (χ0v) is 7.49. The average molecular weight is 180 g/mol. The van der Waals surface area contributed by atoms with Crippen molar-refractivity contribution in [3.05, 3.63) is 29.8 Å². The Morgan fingerprint density at radius 2 is 2.31 bits per heavy atom. The van der Waals surface area contributed by atoms with Crippen molar-refractivity contribution in [3.8, 4) is 5.75 Å². The molecule has 0 bridgehead atoms. The van der Waals surface area contributed by atoms with Gasteiger partial charge in [0.2, 0.25) is 0 Å². The highest BCUT2D eigenvalue weighted by atomic mass is 16.5. The predicted octanol–water partition coefficient (Wildman–Crippen LogP) is 0.935. The van der Waals surface area contributed by atoms with Gasteiger partial charge in [-0.05, 0) is 24.6 Å². The fourth-order valence-corrected chi connectivity index (χ4v) is 0.915. The number of rotatable bonds is 4. The molecule has 0 saturated heterocycles. The summed E-state index contributed by atoms with van der Waals surface area (Å²) in [5.41, 5.74) is 1.08. The number of benzene rings is 1. The quantitative estimate of drug-likeness (QED) is 0.750. The Labute approximate surface area is 77.0 Å². The van der Waals surface area contributed by atoms with Crippen LogP contribution in [0.1, 0.15) is 5.56 Å². The van der Waals surface area contributed by atoms with Gasteiger partial charge in [0.1, 0.15) is 19.0 Å². The van der Waals surface area contributed by atoms with Crippen molar-refractivity contribution < 1.29 is 14.6 Å². The molecule has 13 heavy (non-hydrogen) atoms. The zero-order chi connectivity index (χ0) is 9.68. The van der Waals surface area contributed by atoms with Crippen LogP contribution < -0.4 is 4.74 Å². The van der Waals surface area contributed by atoms with Crippen LogP contribution in [0.15, 0.2) is 24.3 Å². The number of hydrogen-bond donors (Lipinski definition) is 1. The predicted molar refractivity (Wildman–Crippen MR) is 48.8 cm³/mol. The van der Waals surface area contributed by atoms with Crippen LogP contribution in [0.3, 0.4) is 0 Å². The first-order chi connectivity index (χ1) is 6.22. The van der Waals surface area contributed by atoms with Crippen LogP contribution >= 0.6 is 0 Å². The summed E-state index contributed by atoms with van der Waals surface area (Å²) in [6, 6.07) is 7.41. The molecule has 0 atom stereocenters. The average Bonchev–Trinajstić information content (AvgIpc) is 2.14. The molecule has 3 heteroatoms. The molecular weight excluding hydrogens is 168 g/mol. The fraction of sp³-hybridized carbons (Fsp3) is 0.300. The van der Waals surface area contributed by atoms with E-state index in [2.05, 4.69) is 0 Å². The van der Waals surface area contributed by atoms with Gasteiger partial charge in [0.15, 0.2) is 5.78 Å². The van der Waals surface area contributed by atoms with Gasteiger partial charge in [-0.2, -0.15) is 0 Å². The molecule has 0 heterocycles. The molecule has 0 fully saturated rings. The van der Waals surface area contributed by atoms with E-state index in [4.69, 9.17) is 9.84 Å². The molecule has 0 radical (unpaired) electrons. The van der Waals surface area contributed by atoms with Crippen molar-refractivity contribution in [3.63, 3.8) is 0 Å². The van der Waals surface area contributed by atoms with Gasteiger partial charge in [-0.25, -0.2) is 0 Å². The summed E-state index contributed by atoms with van der Waals surface area (Å²) in [7, 11) is 0. The summed E-state index contributed by atoms with van der Waals surface area (Å²) in [4.78, 5) is 10.7. The molecular formula is C10H12O3. The molecule has 1 rings (SSSR count). The third kappa shape index (κ3) is 3.25. The summed E-state index contributed by atoms with van der Waals surface area (Å²) in [6.07, 6.45) is 0. The lowest BCUT2D eigenvalue weighted by Crippen LogP contribution is -2.14. The molecule has 70 valence electrons. The third-order valence-corrected chi connectivity index (χ3v) is 1.57. The lowest BCUT2D eigenvalue weighted by atomic mass is 10.2. The van der Waals surface area contributed by atoms with E-state index in [0.29, 0.717) is 5.75 Å². The largest absolute Gasteiger partial charge is 0.486 e. The van der Waals surface area contributed by atoms with E-state index < -0.39 is 6.61 Å². The van der Waals surface area contributed by atoms with Gasteiger partial charge < -0.3 is 9.84 Å². The Morgan fingerprint density at radius 1 is 1.54 bits per heavy atom. The van der Waals surface area contributed by atoms with Crippen molar-refractivity contribution in [2.24, 2.45) is 0 Å². The lowest BCUT2D eigenvalue weighted by molar-refractivity contribution is -0.123. The van der Waals surface area contributed by atoms with Gasteiger partial charge in [0.25, 0.3) is 0 Å². The van der Waals surface area contributed by atoms with Gasteiger partial charge in [-0.15, -0.1) is 0 Å². The molecule has 0 aliphatic carbocycles. The second-order valence-corrected chi connectivity index (χ2v) is 2.80. The fourth-order valence-electron chi connectivity index (χ4n) is 0.915. The SMILES string of the molecule is Cc1cccc(OCC(=O)CO)c1. The van der Waals surface area contributed by atoms with E-state index >= 15 is 0 Å². The topological polar surface area (TPSA) is 46.5 Å². The highest BCUT2D eigenvalue weighted by molar-refractivity contribution is 5.80. The van der Waals surface area contributed by atoms with Crippen molar-refractivity contribution in [2.75, 3.05) is 13.2 Å². The van der Waals surface area contributed by atoms with Crippen LogP contribution in [-0.4, -0.2) is 24.1 Å². The first-order valence-electron chi connectivity index (χ1n) is 4.04. The van der Waals surface area contributed by atoms with Gasteiger partial charge in [-0.3, -0.25) is 4.79 Å². The van der Waals surface area contributed by atoms with E-state index in [1.54, 1.807) is 6.07 Å². The Balaban J connectivity index is 2.50. The van der Waals surface area contributed by atoms with Crippen LogP contribution in [0, 0.1) is 6.92 Å². The minimum atomic E-state index is -0.466. The number of Topliss-reactive ketones (excluding diaryl/α,β-unsaturated/α-hetero) is 1. The van der Waals surface area contributed by atoms with E-state index in [0.717, 1.165) is 5.56 Å². The molecule has 0 saturated carbocycles. The standard InChI is InChI=1S/C10H12O3/c1-8-3-2-4-10(5-8)13-7-9(12)6-11/h2-5,11H,6-7H2,1H3. The number of aliphatic hydroxyl groups is 1. The molecule has 3 nitrogen and oxygen atoms in total. The van der Waals surface area contributed by atoms with Crippen molar-refractivity contribution in [2.45, 2.75) is 6.92 Å². The maximum Gasteiger partial charge on any atom is 0.195 e. The number of hydrogen-bond acceptors (Lipinski definition) is 3. The second kappa shape index (κ2) is 4.62. The molecule has 0 amide bonds. The van der Waals surface area contributed by atoms with Crippen LogP contribution in [-0.2, 0) is 4.79 Å². The van der Waals surface area contributed by atoms with Gasteiger partial charge in [-0.1, -0.05) is 12.1 Å². The number of ether oxygens (including phenoxy) is 1. The summed E-state index contributed by atoms with van der Waals surface area (Å²) in [6.45, 7) is 1.41. The molecule has 1 aromatic rings. The summed E-state index contributed by atoms with van der Waals surface area (Å²) in [5, 5.41) is 8.44. The Hall–Kier alpha value is -1.35. The van der Waals surface area contributed by atoms with Crippen molar-refractivity contribution in [1.29, 1.82) is 0 Å². The number of carbonyl (C=O) groups is 1. The van der Waals surface area contributed by atoms with E-state index in [1.807, 2.05) is 25.1 Å². The van der Waals surface area contributed by atoms with Crippen LogP contribution in [0.5, 0.6) is 5.75 Å². The maximum absolute atomic E-state index is 10.7. The highest BCUT2D eigenvalue weighted by Crippen LogP contribution is 2.11. The Bertz CT molecular complexity index is 294. The maximum atomic E-state index is 10.7. The van der Waals surface area contributed by atoms with Gasteiger partial charge in [0, 0.05) is 0 Å². The second-order valence-electron chi connectivity index (χ2n) is 2.80.